The number of fused-ring (bicyclic) bond motifs is 2. The molecule has 2 N–H and O–H groups in total. The lowest BCUT2D eigenvalue weighted by atomic mass is 10.1. The van der Waals surface area contributed by atoms with Crippen molar-refractivity contribution in [1.29, 1.82) is 0 Å². The molecule has 168 valence electrons. The summed E-state index contributed by atoms with van der Waals surface area (Å²) < 4.78 is 10.7. The van der Waals surface area contributed by atoms with E-state index < -0.39 is 0 Å². The van der Waals surface area contributed by atoms with Gasteiger partial charge in [0.05, 0.1) is 37.7 Å². The number of carbonyl (C=O) groups is 1. The number of nitrogens with zero attached hydrogens (tertiary/aromatic N) is 4. The average molecular weight is 437 g/mol. The monoisotopic (exact) mass is 436 g/mol. The summed E-state index contributed by atoms with van der Waals surface area (Å²) in [6.45, 7) is 4.39. The summed E-state index contributed by atoms with van der Waals surface area (Å²) in [6.07, 6.45) is 4.63. The number of hydrogen-bond donors (Lipinski definition) is 2. The quantitative estimate of drug-likeness (QED) is 0.583. The number of methoxy groups -OCH3 is 1. The van der Waals surface area contributed by atoms with E-state index in [2.05, 4.69) is 20.1 Å². The topological polar surface area (TPSA) is 95.6 Å². The summed E-state index contributed by atoms with van der Waals surface area (Å²) in [5.74, 6) is 1.51. The molecule has 5 rings (SSSR count). The molecule has 2 aliphatic heterocycles. The highest BCUT2D eigenvalue weighted by Crippen LogP contribution is 2.34. The number of ether oxygens (including phenoxy) is 2. The van der Waals surface area contributed by atoms with Gasteiger partial charge in [0.15, 0.2) is 11.6 Å². The summed E-state index contributed by atoms with van der Waals surface area (Å²) in [4.78, 5) is 29.8. The highest BCUT2D eigenvalue weighted by atomic mass is 16.5. The van der Waals surface area contributed by atoms with E-state index in [0.717, 1.165) is 54.0 Å². The predicted octanol–water partition coefficient (Wildman–Crippen LogP) is 1.80. The molecule has 1 fully saturated rings. The van der Waals surface area contributed by atoms with Crippen molar-refractivity contribution in [1.82, 2.24) is 20.3 Å². The van der Waals surface area contributed by atoms with Gasteiger partial charge in [0, 0.05) is 56.0 Å². The second-order valence-corrected chi connectivity index (χ2v) is 8.18. The van der Waals surface area contributed by atoms with Gasteiger partial charge in [-0.2, -0.15) is 0 Å². The molecule has 9 heteroatoms. The van der Waals surface area contributed by atoms with Gasteiger partial charge in [0.1, 0.15) is 0 Å². The Morgan fingerprint density at radius 2 is 2.22 bits per heavy atom. The molecule has 3 aromatic rings. The van der Waals surface area contributed by atoms with Crippen LogP contribution in [0.15, 0.2) is 36.7 Å². The maximum absolute atomic E-state index is 12.6. The molecule has 1 amide bonds. The van der Waals surface area contributed by atoms with Crippen molar-refractivity contribution >= 4 is 28.3 Å². The molecular formula is C23H28N6O3. The van der Waals surface area contributed by atoms with Crippen LogP contribution in [0, 0.1) is 0 Å². The summed E-state index contributed by atoms with van der Waals surface area (Å²) >= 11 is 0. The zero-order chi connectivity index (χ0) is 21.9. The third kappa shape index (κ3) is 4.13. The van der Waals surface area contributed by atoms with Gasteiger partial charge >= 0.3 is 0 Å². The molecule has 0 aliphatic carbocycles. The Kier molecular flexibility index (Phi) is 5.91. The van der Waals surface area contributed by atoms with Crippen molar-refractivity contribution < 1.29 is 14.3 Å². The number of amides is 1. The molecule has 4 heterocycles. The van der Waals surface area contributed by atoms with Crippen LogP contribution in [-0.2, 0) is 14.3 Å². The first-order valence-electron chi connectivity index (χ1n) is 11.0. The van der Waals surface area contributed by atoms with Crippen molar-refractivity contribution in [2.45, 2.75) is 12.5 Å². The van der Waals surface area contributed by atoms with Crippen molar-refractivity contribution in [2.24, 2.45) is 0 Å². The normalized spacial score (nSPS) is 18.2. The summed E-state index contributed by atoms with van der Waals surface area (Å²) in [5, 5.41) is 4.16. The Hall–Kier alpha value is -3.17. The lowest BCUT2D eigenvalue weighted by Crippen LogP contribution is -2.48. The first kappa shape index (κ1) is 20.7. The van der Waals surface area contributed by atoms with E-state index in [1.165, 1.54) is 0 Å². The van der Waals surface area contributed by atoms with E-state index in [-0.39, 0.29) is 18.5 Å². The predicted molar refractivity (Wildman–Crippen MR) is 123 cm³/mol. The van der Waals surface area contributed by atoms with Gasteiger partial charge in [-0.1, -0.05) is 12.1 Å². The molecule has 1 aromatic carbocycles. The molecule has 0 spiro atoms. The third-order valence-electron chi connectivity index (χ3n) is 6.06. The van der Waals surface area contributed by atoms with Gasteiger partial charge in [-0.3, -0.25) is 4.79 Å². The Bertz CT molecular complexity index is 1090. The summed E-state index contributed by atoms with van der Waals surface area (Å²) in [6, 6.07) is 8.22. The second-order valence-electron chi connectivity index (χ2n) is 8.18. The zero-order valence-electron chi connectivity index (χ0n) is 18.2. The molecule has 0 saturated carbocycles. The number of hydrogen-bond acceptors (Lipinski definition) is 7. The van der Waals surface area contributed by atoms with Crippen LogP contribution < -0.4 is 15.1 Å². The molecule has 1 saturated heterocycles. The van der Waals surface area contributed by atoms with E-state index in [4.69, 9.17) is 19.4 Å². The number of anilines is 2. The van der Waals surface area contributed by atoms with Gasteiger partial charge < -0.3 is 29.6 Å². The highest BCUT2D eigenvalue weighted by Gasteiger charge is 2.28. The largest absolute Gasteiger partial charge is 0.383 e. The lowest BCUT2D eigenvalue weighted by molar-refractivity contribution is -0.120. The number of aromatic nitrogens is 3. The zero-order valence-corrected chi connectivity index (χ0v) is 18.2. The minimum atomic E-state index is -0.00189. The smallest absolute Gasteiger partial charge is 0.239 e. The molecule has 9 nitrogen and oxygen atoms in total. The lowest BCUT2D eigenvalue weighted by Gasteiger charge is -2.37. The second kappa shape index (κ2) is 9.13. The Labute approximate surface area is 186 Å². The van der Waals surface area contributed by atoms with Gasteiger partial charge in [-0.25, -0.2) is 9.97 Å². The minimum absolute atomic E-state index is 0.00189. The number of benzene rings is 1. The number of aromatic amines is 1. The Balaban J connectivity index is 1.44. The van der Waals surface area contributed by atoms with Crippen LogP contribution in [0.5, 0.6) is 0 Å². The van der Waals surface area contributed by atoms with E-state index in [1.54, 1.807) is 7.11 Å². The van der Waals surface area contributed by atoms with Crippen molar-refractivity contribution in [2.75, 3.05) is 62.9 Å². The van der Waals surface area contributed by atoms with E-state index in [0.29, 0.717) is 25.6 Å². The molecule has 0 radical (unpaired) electrons. The number of H-pyrrole nitrogens is 1. The highest BCUT2D eigenvalue weighted by molar-refractivity contribution is 5.94. The first-order chi connectivity index (χ1) is 15.7. The fourth-order valence-corrected chi connectivity index (χ4v) is 4.38. The summed E-state index contributed by atoms with van der Waals surface area (Å²) in [5.41, 5.74) is 2.90. The molecule has 1 unspecified atom stereocenters. The van der Waals surface area contributed by atoms with Crippen molar-refractivity contribution in [3.63, 3.8) is 0 Å². The Morgan fingerprint density at radius 3 is 3.06 bits per heavy atom. The molecule has 1 atom stereocenters. The van der Waals surface area contributed by atoms with E-state index in [1.807, 2.05) is 36.7 Å². The Morgan fingerprint density at radius 1 is 1.31 bits per heavy atom. The van der Waals surface area contributed by atoms with Crippen molar-refractivity contribution in [3.05, 3.63) is 36.7 Å². The number of nitrogens with one attached hydrogen (secondary N) is 2. The standard InChI is InChI=1S/C23H28N6O3/c1-31-12-10-28-8-9-29(14-21(30)26-16-6-11-32-15-16)20-13-25-22(27-23(20)28)18-3-2-4-19-17(18)5-7-24-19/h2-5,7,13,16,24H,6,8-12,14-15H2,1H3,(H,26,30). The van der Waals surface area contributed by atoms with Gasteiger partial charge in [0.2, 0.25) is 5.91 Å². The number of rotatable bonds is 7. The van der Waals surface area contributed by atoms with Crippen LogP contribution >= 0.6 is 0 Å². The van der Waals surface area contributed by atoms with E-state index >= 15 is 0 Å². The van der Waals surface area contributed by atoms with Gasteiger partial charge in [-0.15, -0.1) is 0 Å². The summed E-state index contributed by atoms with van der Waals surface area (Å²) in [7, 11) is 1.70. The molecule has 2 aliphatic rings. The van der Waals surface area contributed by atoms with Crippen molar-refractivity contribution in [3.8, 4) is 11.4 Å². The van der Waals surface area contributed by atoms with Crippen LogP contribution in [0.4, 0.5) is 11.5 Å². The fourth-order valence-electron chi connectivity index (χ4n) is 4.38. The van der Waals surface area contributed by atoms with Crippen LogP contribution in [0.1, 0.15) is 6.42 Å². The van der Waals surface area contributed by atoms with Crippen LogP contribution in [-0.4, -0.2) is 80.0 Å². The van der Waals surface area contributed by atoms with Gasteiger partial charge in [-0.05, 0) is 18.6 Å². The molecule has 0 bridgehead atoms. The molecule has 2 aromatic heterocycles. The number of carbonyl (C=O) groups excluding carboxylic acids is 1. The minimum Gasteiger partial charge on any atom is -0.383 e. The SMILES string of the molecule is COCCN1CCN(CC(=O)NC2CCOC2)c2cnc(-c3cccc4[nH]ccc34)nc21. The maximum atomic E-state index is 12.6. The third-order valence-corrected chi connectivity index (χ3v) is 6.06. The van der Waals surface area contributed by atoms with Crippen LogP contribution in [0.25, 0.3) is 22.3 Å². The van der Waals surface area contributed by atoms with Crippen LogP contribution in [0.2, 0.25) is 0 Å². The first-order valence-corrected chi connectivity index (χ1v) is 11.0. The average Bonchev–Trinajstić information content (AvgIpc) is 3.50. The molecule has 32 heavy (non-hydrogen) atoms. The fraction of sp³-hybridized carbons (Fsp3) is 0.435. The van der Waals surface area contributed by atoms with E-state index in [9.17, 15) is 4.79 Å². The van der Waals surface area contributed by atoms with Crippen LogP contribution in [0.3, 0.4) is 0 Å². The molecular weight excluding hydrogens is 408 g/mol. The maximum Gasteiger partial charge on any atom is 0.239 e. The van der Waals surface area contributed by atoms with Gasteiger partial charge in [0.25, 0.3) is 0 Å².